The van der Waals surface area contributed by atoms with Crippen LogP contribution in [-0.4, -0.2) is 18.2 Å². The van der Waals surface area contributed by atoms with Gasteiger partial charge in [-0.25, -0.2) is 4.79 Å². The summed E-state index contributed by atoms with van der Waals surface area (Å²) in [5.74, 6) is -0.374. The molecule has 2 aromatic rings. The van der Waals surface area contributed by atoms with Crippen LogP contribution in [-0.2, 0) is 4.74 Å². The molecule has 4 nitrogen and oxygen atoms in total. The van der Waals surface area contributed by atoms with E-state index in [0.29, 0.717) is 10.7 Å². The highest BCUT2D eigenvalue weighted by Gasteiger charge is 2.09. The van der Waals surface area contributed by atoms with E-state index in [2.05, 4.69) is 10.6 Å². The third-order valence-electron chi connectivity index (χ3n) is 3.18. The van der Waals surface area contributed by atoms with E-state index in [0.717, 1.165) is 22.5 Å². The van der Waals surface area contributed by atoms with Crippen molar-refractivity contribution in [3.05, 3.63) is 59.2 Å². The molecule has 5 heteroatoms. The van der Waals surface area contributed by atoms with Crippen LogP contribution < -0.4 is 10.6 Å². The molecule has 2 aromatic carbocycles. The first kappa shape index (κ1) is 16.0. The van der Waals surface area contributed by atoms with Crippen LogP contribution in [0, 0.1) is 13.8 Å². The summed E-state index contributed by atoms with van der Waals surface area (Å²) in [4.78, 5) is 11.6. The molecule has 0 fully saturated rings. The van der Waals surface area contributed by atoms with Crippen LogP contribution in [0.1, 0.15) is 21.5 Å². The summed E-state index contributed by atoms with van der Waals surface area (Å²) < 4.78 is 4.73. The molecule has 0 amide bonds. The Hall–Kier alpha value is -2.40. The van der Waals surface area contributed by atoms with Gasteiger partial charge in [-0.2, -0.15) is 0 Å². The standard InChI is InChI=1S/C17H18N2O2S/c1-11-5-4-6-14(9-11)18-17(22)19-15-10-13(16(20)21-3)8-7-12(15)2/h4-10H,1-3H3,(H2,18,19,22). The van der Waals surface area contributed by atoms with Crippen molar-refractivity contribution >= 4 is 34.7 Å². The van der Waals surface area contributed by atoms with E-state index in [9.17, 15) is 4.79 Å². The highest BCUT2D eigenvalue weighted by molar-refractivity contribution is 7.80. The third kappa shape index (κ3) is 4.05. The SMILES string of the molecule is COC(=O)c1ccc(C)c(NC(=S)Nc2cccc(C)c2)c1. The maximum atomic E-state index is 11.6. The molecule has 0 atom stereocenters. The summed E-state index contributed by atoms with van der Waals surface area (Å²) >= 11 is 5.32. The van der Waals surface area contributed by atoms with Gasteiger partial charge < -0.3 is 15.4 Å². The Morgan fingerprint density at radius 3 is 2.55 bits per heavy atom. The van der Waals surface area contributed by atoms with Crippen molar-refractivity contribution < 1.29 is 9.53 Å². The largest absolute Gasteiger partial charge is 0.465 e. The van der Waals surface area contributed by atoms with Crippen LogP contribution in [0.3, 0.4) is 0 Å². The van der Waals surface area contributed by atoms with Crippen LogP contribution in [0.15, 0.2) is 42.5 Å². The number of ether oxygens (including phenoxy) is 1. The quantitative estimate of drug-likeness (QED) is 0.665. The zero-order valence-corrected chi connectivity index (χ0v) is 13.6. The Bertz CT molecular complexity index is 714. The maximum Gasteiger partial charge on any atom is 0.337 e. The minimum absolute atomic E-state index is 0.374. The van der Waals surface area contributed by atoms with Crippen molar-refractivity contribution in [1.82, 2.24) is 0 Å². The number of aryl methyl sites for hydroxylation is 2. The molecule has 0 aliphatic heterocycles. The zero-order chi connectivity index (χ0) is 16.1. The monoisotopic (exact) mass is 314 g/mol. The zero-order valence-electron chi connectivity index (χ0n) is 12.8. The first-order chi connectivity index (χ1) is 10.5. The van der Waals surface area contributed by atoms with Crippen molar-refractivity contribution in [1.29, 1.82) is 0 Å². The number of methoxy groups -OCH3 is 1. The first-order valence-corrected chi connectivity index (χ1v) is 7.24. The van der Waals surface area contributed by atoms with Gasteiger partial charge in [0.2, 0.25) is 0 Å². The Morgan fingerprint density at radius 1 is 1.09 bits per heavy atom. The van der Waals surface area contributed by atoms with Gasteiger partial charge in [0.1, 0.15) is 0 Å². The maximum absolute atomic E-state index is 11.6. The summed E-state index contributed by atoms with van der Waals surface area (Å²) in [6, 6.07) is 13.2. The number of esters is 1. The van der Waals surface area contributed by atoms with E-state index >= 15 is 0 Å². The third-order valence-corrected chi connectivity index (χ3v) is 3.39. The number of nitrogens with one attached hydrogen (secondary N) is 2. The van der Waals surface area contributed by atoms with Crippen molar-refractivity contribution in [2.45, 2.75) is 13.8 Å². The number of carbonyl (C=O) groups excluding carboxylic acids is 1. The van der Waals surface area contributed by atoms with Crippen molar-refractivity contribution in [2.24, 2.45) is 0 Å². The molecule has 0 heterocycles. The summed E-state index contributed by atoms with van der Waals surface area (Å²) in [5.41, 5.74) is 4.30. The summed E-state index contributed by atoms with van der Waals surface area (Å²) in [6.45, 7) is 3.96. The minimum atomic E-state index is -0.374. The fourth-order valence-electron chi connectivity index (χ4n) is 2.01. The molecule has 0 unspecified atom stereocenters. The van der Waals surface area contributed by atoms with Crippen LogP contribution in [0.5, 0.6) is 0 Å². The van der Waals surface area contributed by atoms with Gasteiger partial charge in [-0.05, 0) is 61.5 Å². The molecule has 0 spiro atoms. The molecular weight excluding hydrogens is 296 g/mol. The van der Waals surface area contributed by atoms with Crippen LogP contribution >= 0.6 is 12.2 Å². The van der Waals surface area contributed by atoms with Crippen LogP contribution in [0.2, 0.25) is 0 Å². The minimum Gasteiger partial charge on any atom is -0.465 e. The van der Waals surface area contributed by atoms with Gasteiger partial charge in [0, 0.05) is 11.4 Å². The van der Waals surface area contributed by atoms with E-state index < -0.39 is 0 Å². The second-order valence-electron chi connectivity index (χ2n) is 4.97. The lowest BCUT2D eigenvalue weighted by Gasteiger charge is -2.13. The lowest BCUT2D eigenvalue weighted by molar-refractivity contribution is 0.0601. The molecule has 22 heavy (non-hydrogen) atoms. The number of hydrogen-bond acceptors (Lipinski definition) is 3. The van der Waals surface area contributed by atoms with Gasteiger partial charge in [-0.15, -0.1) is 0 Å². The molecule has 2 rings (SSSR count). The molecule has 0 saturated heterocycles. The van der Waals surface area contributed by atoms with Gasteiger partial charge in [0.15, 0.2) is 5.11 Å². The van der Waals surface area contributed by atoms with E-state index in [4.69, 9.17) is 17.0 Å². The normalized spacial score (nSPS) is 9.95. The molecule has 0 radical (unpaired) electrons. The van der Waals surface area contributed by atoms with Gasteiger partial charge in [0.05, 0.1) is 12.7 Å². The predicted octanol–water partition coefficient (Wildman–Crippen LogP) is 3.90. The molecule has 0 saturated carbocycles. The Labute approximate surface area is 135 Å². The molecule has 2 N–H and O–H groups in total. The Kier molecular flexibility index (Phi) is 5.12. The molecule has 114 valence electrons. The van der Waals surface area contributed by atoms with Crippen molar-refractivity contribution in [3.63, 3.8) is 0 Å². The lowest BCUT2D eigenvalue weighted by atomic mass is 10.1. The van der Waals surface area contributed by atoms with E-state index in [1.54, 1.807) is 12.1 Å². The van der Waals surface area contributed by atoms with Crippen molar-refractivity contribution in [2.75, 3.05) is 17.7 Å². The van der Waals surface area contributed by atoms with Gasteiger partial charge in [0.25, 0.3) is 0 Å². The molecule has 0 aromatic heterocycles. The van der Waals surface area contributed by atoms with Gasteiger partial charge in [-0.1, -0.05) is 18.2 Å². The summed E-state index contributed by atoms with van der Waals surface area (Å²) in [7, 11) is 1.36. The molecule has 0 bridgehead atoms. The van der Waals surface area contributed by atoms with Gasteiger partial charge in [-0.3, -0.25) is 0 Å². The number of benzene rings is 2. The van der Waals surface area contributed by atoms with E-state index in [1.807, 2.05) is 44.2 Å². The Balaban J connectivity index is 2.12. The second kappa shape index (κ2) is 7.04. The Morgan fingerprint density at radius 2 is 1.86 bits per heavy atom. The van der Waals surface area contributed by atoms with Crippen LogP contribution in [0.4, 0.5) is 11.4 Å². The average Bonchev–Trinajstić information content (AvgIpc) is 2.48. The summed E-state index contributed by atoms with van der Waals surface area (Å²) in [6.07, 6.45) is 0. The fraction of sp³-hybridized carbons (Fsp3) is 0.176. The highest BCUT2D eigenvalue weighted by atomic mass is 32.1. The number of carbonyl (C=O) groups is 1. The van der Waals surface area contributed by atoms with E-state index in [1.165, 1.54) is 7.11 Å². The lowest BCUT2D eigenvalue weighted by Crippen LogP contribution is -2.20. The molecular formula is C17H18N2O2S. The number of rotatable bonds is 3. The average molecular weight is 314 g/mol. The van der Waals surface area contributed by atoms with E-state index in [-0.39, 0.29) is 5.97 Å². The van der Waals surface area contributed by atoms with Crippen LogP contribution in [0.25, 0.3) is 0 Å². The van der Waals surface area contributed by atoms with Crippen molar-refractivity contribution in [3.8, 4) is 0 Å². The smallest absolute Gasteiger partial charge is 0.337 e. The number of hydrogen-bond donors (Lipinski definition) is 2. The topological polar surface area (TPSA) is 50.4 Å². The summed E-state index contributed by atoms with van der Waals surface area (Å²) in [5, 5.41) is 6.70. The molecule has 0 aliphatic rings. The number of anilines is 2. The fourth-order valence-corrected chi connectivity index (χ4v) is 2.24. The first-order valence-electron chi connectivity index (χ1n) is 6.83. The number of thiocarbonyl (C=S) groups is 1. The molecule has 0 aliphatic carbocycles. The highest BCUT2D eigenvalue weighted by Crippen LogP contribution is 2.18. The predicted molar refractivity (Wildman–Crippen MR) is 93.5 cm³/mol. The second-order valence-corrected chi connectivity index (χ2v) is 5.38. The van der Waals surface area contributed by atoms with Gasteiger partial charge >= 0.3 is 5.97 Å².